The largest absolute Gasteiger partial charge is 0.305 e. The predicted molar refractivity (Wildman–Crippen MR) is 119 cm³/mol. The lowest BCUT2D eigenvalue weighted by Gasteiger charge is -2.09. The highest BCUT2D eigenvalue weighted by molar-refractivity contribution is 7.98. The highest BCUT2D eigenvalue weighted by Crippen LogP contribution is 2.22. The monoisotopic (exact) mass is 377 g/mol. The van der Waals surface area contributed by atoms with Crippen molar-refractivity contribution in [3.63, 3.8) is 0 Å². The van der Waals surface area contributed by atoms with Gasteiger partial charge in [0.15, 0.2) is 0 Å². The molecule has 0 bridgehead atoms. The minimum absolute atomic E-state index is 0.231. The molecule has 3 heteroatoms. The normalized spacial score (nSPS) is 10.0. The summed E-state index contributed by atoms with van der Waals surface area (Å²) in [6.45, 7) is 11.6. The second kappa shape index (κ2) is 18.2. The topological polar surface area (TPSA) is 23.9 Å². The molecule has 1 N–H and O–H groups in total. The van der Waals surface area contributed by atoms with E-state index in [1.807, 2.05) is 58.0 Å². The van der Waals surface area contributed by atoms with E-state index in [1.165, 1.54) is 10.5 Å². The van der Waals surface area contributed by atoms with E-state index >= 15 is 0 Å². The fourth-order valence-electron chi connectivity index (χ4n) is 1.95. The Morgan fingerprint density at radius 2 is 1.46 bits per heavy atom. The first-order valence-corrected chi connectivity index (χ1v) is 10.6. The number of alkyl halides is 1. The maximum Gasteiger partial charge on any atom is 0.0900 e. The van der Waals surface area contributed by atoms with Crippen LogP contribution in [0.3, 0.4) is 0 Å². The maximum atomic E-state index is 12.1. The number of hydrogen-bond donors (Lipinski definition) is 1. The van der Waals surface area contributed by atoms with Gasteiger partial charge in [-0.05, 0) is 48.8 Å². The van der Waals surface area contributed by atoms with E-state index in [9.17, 15) is 4.39 Å². The zero-order valence-electron chi connectivity index (χ0n) is 17.5. The van der Waals surface area contributed by atoms with Crippen molar-refractivity contribution in [2.45, 2.75) is 58.8 Å². The summed E-state index contributed by atoms with van der Waals surface area (Å²) in [6.07, 6.45) is 2.68. The number of benzene rings is 2. The number of hydrogen-bond acceptors (Lipinski definition) is 2. The van der Waals surface area contributed by atoms with Crippen LogP contribution in [0.2, 0.25) is 0 Å². The lowest BCUT2D eigenvalue weighted by Crippen LogP contribution is -1.94. The highest BCUT2D eigenvalue weighted by Gasteiger charge is 2.04. The molecule has 2 aromatic rings. The summed E-state index contributed by atoms with van der Waals surface area (Å²) in [7, 11) is 0. The Kier molecular flexibility index (Phi) is 18.6. The first kappa shape index (κ1) is 26.6. The first-order valence-electron chi connectivity index (χ1n) is 9.39. The molecule has 2 aromatic carbocycles. The molecule has 0 saturated carbocycles. The standard InChI is InChI=1S/C11H15FS.C8H9N.2C2H6/c1-9(7-8-12)10-3-5-11(13-2)6-4-10;1-7(9)8-5-3-2-4-6-8;2*1-2/h3-6,9H,7-8H2,1-2H3;2-6,9H,1H3;2*1-2H3. The van der Waals surface area contributed by atoms with Gasteiger partial charge in [0.05, 0.1) is 6.67 Å². The summed E-state index contributed by atoms with van der Waals surface area (Å²) in [5.41, 5.74) is 2.85. The summed E-state index contributed by atoms with van der Waals surface area (Å²) in [5.74, 6) is 0.334. The van der Waals surface area contributed by atoms with Crippen LogP contribution in [-0.2, 0) is 0 Å². The Hall–Kier alpha value is -1.61. The third-order valence-corrected chi connectivity index (χ3v) is 4.18. The fraction of sp³-hybridized carbons (Fsp3) is 0.435. The number of nitrogens with one attached hydrogen (secondary N) is 1. The number of rotatable bonds is 5. The lowest BCUT2D eigenvalue weighted by molar-refractivity contribution is 0.448. The van der Waals surface area contributed by atoms with E-state index in [0.717, 1.165) is 5.56 Å². The summed E-state index contributed by atoms with van der Waals surface area (Å²) < 4.78 is 12.1. The molecule has 0 radical (unpaired) electrons. The van der Waals surface area contributed by atoms with Crippen molar-refractivity contribution in [2.75, 3.05) is 12.9 Å². The van der Waals surface area contributed by atoms with Gasteiger partial charge in [-0.25, -0.2) is 0 Å². The van der Waals surface area contributed by atoms with E-state index in [2.05, 4.69) is 37.4 Å². The Bertz CT molecular complexity index is 552. The van der Waals surface area contributed by atoms with Gasteiger partial charge in [0, 0.05) is 10.6 Å². The Morgan fingerprint density at radius 1 is 0.962 bits per heavy atom. The van der Waals surface area contributed by atoms with E-state index in [-0.39, 0.29) is 6.67 Å². The van der Waals surface area contributed by atoms with Gasteiger partial charge in [-0.15, -0.1) is 11.8 Å². The van der Waals surface area contributed by atoms with E-state index in [1.54, 1.807) is 18.7 Å². The summed E-state index contributed by atoms with van der Waals surface area (Å²) in [4.78, 5) is 1.26. The second-order valence-electron chi connectivity index (χ2n) is 5.14. The van der Waals surface area contributed by atoms with Crippen molar-refractivity contribution in [3.05, 3.63) is 65.7 Å². The van der Waals surface area contributed by atoms with E-state index < -0.39 is 0 Å². The molecule has 0 heterocycles. The van der Waals surface area contributed by atoms with Crippen LogP contribution < -0.4 is 0 Å². The second-order valence-corrected chi connectivity index (χ2v) is 6.02. The van der Waals surface area contributed by atoms with Crippen molar-refractivity contribution in [1.82, 2.24) is 0 Å². The van der Waals surface area contributed by atoms with Crippen molar-refractivity contribution >= 4 is 17.5 Å². The van der Waals surface area contributed by atoms with Crippen molar-refractivity contribution in [2.24, 2.45) is 0 Å². The molecular weight excluding hydrogens is 341 g/mol. The van der Waals surface area contributed by atoms with Gasteiger partial charge in [0.1, 0.15) is 0 Å². The van der Waals surface area contributed by atoms with Gasteiger partial charge in [0.25, 0.3) is 0 Å². The number of halogens is 1. The van der Waals surface area contributed by atoms with Gasteiger partial charge in [0.2, 0.25) is 0 Å². The van der Waals surface area contributed by atoms with Gasteiger partial charge >= 0.3 is 0 Å². The molecule has 0 aromatic heterocycles. The van der Waals surface area contributed by atoms with Gasteiger partial charge in [-0.2, -0.15) is 0 Å². The molecule has 1 nitrogen and oxygen atoms in total. The van der Waals surface area contributed by atoms with Crippen LogP contribution in [0.25, 0.3) is 0 Å². The van der Waals surface area contributed by atoms with E-state index in [4.69, 9.17) is 5.41 Å². The molecule has 146 valence electrons. The van der Waals surface area contributed by atoms with Crippen LogP contribution in [0.4, 0.5) is 4.39 Å². The molecule has 0 spiro atoms. The minimum Gasteiger partial charge on any atom is -0.305 e. The average molecular weight is 378 g/mol. The zero-order valence-corrected chi connectivity index (χ0v) is 18.3. The lowest BCUT2D eigenvalue weighted by atomic mass is 9.99. The SMILES string of the molecule is CC.CC.CC(=N)c1ccccc1.CSc1ccc(C(C)CCF)cc1. The van der Waals surface area contributed by atoms with Crippen LogP contribution >= 0.6 is 11.8 Å². The Morgan fingerprint density at radius 3 is 1.81 bits per heavy atom. The molecule has 2 rings (SSSR count). The molecule has 1 unspecified atom stereocenters. The van der Waals surface area contributed by atoms with Crippen LogP contribution in [0, 0.1) is 5.41 Å². The van der Waals surface area contributed by atoms with Crippen LogP contribution in [-0.4, -0.2) is 18.6 Å². The van der Waals surface area contributed by atoms with Crippen LogP contribution in [0.15, 0.2) is 59.5 Å². The van der Waals surface area contributed by atoms with Gasteiger partial charge < -0.3 is 5.41 Å². The molecule has 0 aliphatic rings. The molecule has 0 amide bonds. The Labute approximate surface area is 164 Å². The average Bonchev–Trinajstić information content (AvgIpc) is 2.72. The van der Waals surface area contributed by atoms with Crippen LogP contribution in [0.1, 0.15) is 65.0 Å². The predicted octanol–water partition coefficient (Wildman–Crippen LogP) is 8.00. The molecule has 0 saturated heterocycles. The van der Waals surface area contributed by atoms with E-state index in [0.29, 0.717) is 18.1 Å². The molecule has 0 fully saturated rings. The summed E-state index contributed by atoms with van der Waals surface area (Å²) >= 11 is 1.73. The highest BCUT2D eigenvalue weighted by atomic mass is 32.2. The molecule has 1 atom stereocenters. The third-order valence-electron chi connectivity index (χ3n) is 3.43. The minimum atomic E-state index is -0.231. The third kappa shape index (κ3) is 11.9. The van der Waals surface area contributed by atoms with Gasteiger partial charge in [-0.1, -0.05) is 77.1 Å². The van der Waals surface area contributed by atoms with Crippen molar-refractivity contribution < 1.29 is 4.39 Å². The molecular formula is C23H36FNS. The molecule has 0 aliphatic carbocycles. The summed E-state index contributed by atoms with van der Waals surface area (Å²) in [5, 5.41) is 7.24. The zero-order chi connectivity index (χ0) is 20.4. The van der Waals surface area contributed by atoms with Crippen molar-refractivity contribution in [1.29, 1.82) is 5.41 Å². The molecule has 26 heavy (non-hydrogen) atoms. The fourth-order valence-corrected chi connectivity index (χ4v) is 2.36. The summed E-state index contributed by atoms with van der Waals surface area (Å²) in [6, 6.07) is 18.1. The van der Waals surface area contributed by atoms with Gasteiger partial charge in [-0.3, -0.25) is 4.39 Å². The first-order chi connectivity index (χ1) is 12.6. The quantitative estimate of drug-likeness (QED) is 0.414. The molecule has 0 aliphatic heterocycles. The van der Waals surface area contributed by atoms with Crippen molar-refractivity contribution in [3.8, 4) is 0 Å². The number of thioether (sulfide) groups is 1. The smallest absolute Gasteiger partial charge is 0.0900 e. The van der Waals surface area contributed by atoms with Crippen LogP contribution in [0.5, 0.6) is 0 Å². The maximum absolute atomic E-state index is 12.1. The Balaban J connectivity index is 0.